The molecule has 0 fully saturated rings. The van der Waals surface area contributed by atoms with Crippen LogP contribution in [0.4, 0.5) is 0 Å². The molecule has 4 nitrogen and oxygen atoms in total. The molecule has 0 aliphatic carbocycles. The number of nitrogens with zero attached hydrogens (tertiary/aromatic N) is 2. The smallest absolute Gasteiger partial charge is 0.0489 e. The minimum atomic E-state index is -0.657. The Morgan fingerprint density at radius 2 is 2.38 bits per heavy atom. The molecule has 0 saturated heterocycles. The summed E-state index contributed by atoms with van der Waals surface area (Å²) in [6, 6.07) is 2.38. The first-order valence-corrected chi connectivity index (χ1v) is 7.27. The van der Waals surface area contributed by atoms with E-state index in [0.717, 1.165) is 31.0 Å². The highest BCUT2D eigenvalue weighted by Gasteiger charge is 2.02. The SMILES string of the molecule is CCS(=O)CCNC(C)CCn1cccn1. The van der Waals surface area contributed by atoms with Gasteiger partial charge in [0.25, 0.3) is 0 Å². The Kier molecular flexibility index (Phi) is 6.33. The van der Waals surface area contributed by atoms with E-state index in [1.54, 1.807) is 6.20 Å². The molecule has 0 aliphatic heterocycles. The molecule has 0 amide bonds. The van der Waals surface area contributed by atoms with Gasteiger partial charge >= 0.3 is 0 Å². The van der Waals surface area contributed by atoms with Crippen LogP contribution in [0.1, 0.15) is 20.3 Å². The van der Waals surface area contributed by atoms with Crippen molar-refractivity contribution in [2.45, 2.75) is 32.9 Å². The fourth-order valence-corrected chi connectivity index (χ4v) is 2.06. The highest BCUT2D eigenvalue weighted by Crippen LogP contribution is 1.95. The van der Waals surface area contributed by atoms with Crippen LogP contribution in [-0.4, -0.2) is 38.1 Å². The van der Waals surface area contributed by atoms with Crippen LogP contribution in [0, 0.1) is 0 Å². The van der Waals surface area contributed by atoms with Crippen molar-refractivity contribution in [2.75, 3.05) is 18.1 Å². The third-order valence-corrected chi connectivity index (χ3v) is 3.80. The molecule has 0 aromatic carbocycles. The standard InChI is InChI=1S/C11H21N3OS/c1-3-16(15)10-7-12-11(2)5-9-14-8-4-6-13-14/h4,6,8,11-12H,3,5,7,9-10H2,1-2H3. The fourth-order valence-electron chi connectivity index (χ4n) is 1.42. The van der Waals surface area contributed by atoms with Gasteiger partial charge in [-0.3, -0.25) is 8.89 Å². The quantitative estimate of drug-likeness (QED) is 0.741. The van der Waals surface area contributed by atoms with Gasteiger partial charge in [-0.1, -0.05) is 6.92 Å². The lowest BCUT2D eigenvalue weighted by molar-refractivity contribution is 0.468. The van der Waals surface area contributed by atoms with Crippen molar-refractivity contribution in [1.29, 1.82) is 0 Å². The molecule has 0 bridgehead atoms. The van der Waals surface area contributed by atoms with E-state index in [9.17, 15) is 4.21 Å². The van der Waals surface area contributed by atoms with Crippen molar-refractivity contribution in [1.82, 2.24) is 15.1 Å². The second-order valence-electron chi connectivity index (χ2n) is 3.85. The zero-order valence-electron chi connectivity index (χ0n) is 10.1. The number of hydrogen-bond donors (Lipinski definition) is 1. The van der Waals surface area contributed by atoms with Crippen molar-refractivity contribution in [2.24, 2.45) is 0 Å². The van der Waals surface area contributed by atoms with Gasteiger partial charge in [-0.15, -0.1) is 0 Å². The van der Waals surface area contributed by atoms with Gasteiger partial charge in [-0.2, -0.15) is 5.10 Å². The molecule has 0 spiro atoms. The Bertz CT molecular complexity index is 300. The lowest BCUT2D eigenvalue weighted by Crippen LogP contribution is -2.31. The highest BCUT2D eigenvalue weighted by atomic mass is 32.2. The molecule has 1 aromatic heterocycles. The predicted molar refractivity (Wildman–Crippen MR) is 67.9 cm³/mol. The molecule has 1 aromatic rings. The van der Waals surface area contributed by atoms with E-state index in [2.05, 4.69) is 17.3 Å². The summed E-state index contributed by atoms with van der Waals surface area (Å²) in [5.41, 5.74) is 0. The molecule has 5 heteroatoms. The Balaban J connectivity index is 2.07. The van der Waals surface area contributed by atoms with E-state index in [1.165, 1.54) is 0 Å². The normalized spacial score (nSPS) is 14.9. The van der Waals surface area contributed by atoms with Crippen LogP contribution in [0.15, 0.2) is 18.5 Å². The molecule has 2 atom stereocenters. The first-order valence-electron chi connectivity index (χ1n) is 5.78. The number of aryl methyl sites for hydroxylation is 1. The minimum absolute atomic E-state index is 0.443. The molecule has 1 N–H and O–H groups in total. The van der Waals surface area contributed by atoms with Gasteiger partial charge < -0.3 is 5.32 Å². The van der Waals surface area contributed by atoms with E-state index < -0.39 is 10.8 Å². The van der Waals surface area contributed by atoms with Crippen LogP contribution >= 0.6 is 0 Å². The van der Waals surface area contributed by atoms with Crippen molar-refractivity contribution in [3.63, 3.8) is 0 Å². The summed E-state index contributed by atoms with van der Waals surface area (Å²) in [5, 5.41) is 7.53. The molecule has 0 radical (unpaired) electrons. The lowest BCUT2D eigenvalue weighted by atomic mass is 10.2. The van der Waals surface area contributed by atoms with E-state index in [1.807, 2.05) is 23.9 Å². The third-order valence-electron chi connectivity index (χ3n) is 2.49. The summed E-state index contributed by atoms with van der Waals surface area (Å²) in [6.45, 7) is 5.87. The minimum Gasteiger partial charge on any atom is -0.313 e. The monoisotopic (exact) mass is 243 g/mol. The molecular formula is C11H21N3OS. The van der Waals surface area contributed by atoms with Crippen LogP contribution in [0.2, 0.25) is 0 Å². The maximum Gasteiger partial charge on any atom is 0.0489 e. The van der Waals surface area contributed by atoms with Crippen molar-refractivity contribution >= 4 is 10.8 Å². The van der Waals surface area contributed by atoms with E-state index in [0.29, 0.717) is 6.04 Å². The zero-order valence-corrected chi connectivity index (χ0v) is 10.9. The summed E-state index contributed by atoms with van der Waals surface area (Å²) in [5.74, 6) is 1.51. The Labute approximate surface area is 99.9 Å². The second-order valence-corrected chi connectivity index (χ2v) is 5.71. The first-order chi connectivity index (χ1) is 7.72. The first kappa shape index (κ1) is 13.4. The van der Waals surface area contributed by atoms with Gasteiger partial charge in [0.1, 0.15) is 0 Å². The maximum atomic E-state index is 11.2. The van der Waals surface area contributed by atoms with Crippen molar-refractivity contribution < 1.29 is 4.21 Å². The Morgan fingerprint density at radius 3 is 3.00 bits per heavy atom. The van der Waals surface area contributed by atoms with E-state index in [4.69, 9.17) is 0 Å². The molecule has 0 saturated carbocycles. The maximum absolute atomic E-state index is 11.2. The number of rotatable bonds is 8. The third kappa shape index (κ3) is 5.42. The molecule has 1 rings (SSSR count). The number of nitrogens with one attached hydrogen (secondary N) is 1. The summed E-state index contributed by atoms with van der Waals surface area (Å²) in [6.07, 6.45) is 4.81. The topological polar surface area (TPSA) is 46.9 Å². The van der Waals surface area contributed by atoms with Crippen molar-refractivity contribution in [3.05, 3.63) is 18.5 Å². The Hall–Kier alpha value is -0.680. The van der Waals surface area contributed by atoms with Gasteiger partial charge in [0.2, 0.25) is 0 Å². The summed E-state index contributed by atoms with van der Waals surface area (Å²) < 4.78 is 13.1. The van der Waals surface area contributed by atoms with E-state index >= 15 is 0 Å². The molecule has 0 aliphatic rings. The summed E-state index contributed by atoms with van der Waals surface area (Å²) >= 11 is 0. The summed E-state index contributed by atoms with van der Waals surface area (Å²) in [7, 11) is -0.657. The van der Waals surface area contributed by atoms with Gasteiger partial charge in [-0.05, 0) is 19.4 Å². The van der Waals surface area contributed by atoms with Crippen LogP contribution in [-0.2, 0) is 17.3 Å². The number of hydrogen-bond acceptors (Lipinski definition) is 3. The number of aromatic nitrogens is 2. The average molecular weight is 243 g/mol. The van der Waals surface area contributed by atoms with Crippen LogP contribution in [0.25, 0.3) is 0 Å². The van der Waals surface area contributed by atoms with Crippen LogP contribution in [0.5, 0.6) is 0 Å². The van der Waals surface area contributed by atoms with Gasteiger partial charge in [0.15, 0.2) is 0 Å². The van der Waals surface area contributed by atoms with Crippen molar-refractivity contribution in [3.8, 4) is 0 Å². The van der Waals surface area contributed by atoms with Crippen LogP contribution < -0.4 is 5.32 Å². The average Bonchev–Trinajstić information content (AvgIpc) is 2.79. The van der Waals surface area contributed by atoms with Gasteiger partial charge in [0, 0.05) is 53.8 Å². The second kappa shape index (κ2) is 7.57. The molecular weight excluding hydrogens is 222 g/mol. The summed E-state index contributed by atoms with van der Waals surface area (Å²) in [4.78, 5) is 0. The molecule has 1 heterocycles. The molecule has 92 valence electrons. The molecule has 16 heavy (non-hydrogen) atoms. The largest absolute Gasteiger partial charge is 0.313 e. The highest BCUT2D eigenvalue weighted by molar-refractivity contribution is 7.84. The van der Waals surface area contributed by atoms with Gasteiger partial charge in [0.05, 0.1) is 0 Å². The fraction of sp³-hybridized carbons (Fsp3) is 0.727. The Morgan fingerprint density at radius 1 is 1.56 bits per heavy atom. The van der Waals surface area contributed by atoms with Crippen LogP contribution in [0.3, 0.4) is 0 Å². The predicted octanol–water partition coefficient (Wildman–Crippen LogP) is 1.02. The van der Waals surface area contributed by atoms with E-state index in [-0.39, 0.29) is 0 Å². The lowest BCUT2D eigenvalue weighted by Gasteiger charge is -2.13. The zero-order chi connectivity index (χ0) is 11.8. The molecule has 2 unspecified atom stereocenters. The van der Waals surface area contributed by atoms with Gasteiger partial charge in [-0.25, -0.2) is 0 Å².